The molecule has 0 bridgehead atoms. The summed E-state index contributed by atoms with van der Waals surface area (Å²) in [4.78, 5) is 5.95. The van der Waals surface area contributed by atoms with Gasteiger partial charge in [0.25, 0.3) is 5.71 Å². The number of fused-ring (bicyclic) bond motifs is 1. The summed E-state index contributed by atoms with van der Waals surface area (Å²) in [5, 5.41) is 3.86. The van der Waals surface area contributed by atoms with E-state index in [0.717, 1.165) is 23.8 Å². The molecule has 22 heavy (non-hydrogen) atoms. The molecule has 1 aliphatic rings. The number of alkyl halides is 3. The van der Waals surface area contributed by atoms with Crippen LogP contribution in [0.4, 0.5) is 13.2 Å². The van der Waals surface area contributed by atoms with Crippen molar-refractivity contribution in [3.8, 4) is 10.6 Å². The number of aryl methyl sites for hydroxylation is 1. The fraction of sp³-hybridized carbons (Fsp3) is 0.333. The van der Waals surface area contributed by atoms with E-state index in [4.69, 9.17) is 4.52 Å². The smallest absolute Gasteiger partial charge is 0.335 e. The van der Waals surface area contributed by atoms with Gasteiger partial charge in [0.1, 0.15) is 0 Å². The first kappa shape index (κ1) is 13.8. The molecule has 1 fully saturated rings. The largest absolute Gasteiger partial charge is 0.417 e. The van der Waals surface area contributed by atoms with Crippen LogP contribution >= 0.6 is 11.3 Å². The van der Waals surface area contributed by atoms with Crippen LogP contribution in [0.1, 0.15) is 34.9 Å². The SMILES string of the molecule is Cc1ccc(-c2cc(C(F)(F)F)c3c(C4CC4)noc3n2)s1. The fourth-order valence-corrected chi connectivity index (χ4v) is 3.36. The molecule has 3 heterocycles. The third-order valence-electron chi connectivity index (χ3n) is 3.74. The Hall–Kier alpha value is -1.89. The third kappa shape index (κ3) is 2.20. The number of thiophene rings is 1. The second-order valence-electron chi connectivity index (χ2n) is 5.49. The molecule has 0 radical (unpaired) electrons. The topological polar surface area (TPSA) is 38.9 Å². The number of hydrogen-bond donors (Lipinski definition) is 0. The summed E-state index contributed by atoms with van der Waals surface area (Å²) in [5.41, 5.74) is -0.0698. The van der Waals surface area contributed by atoms with Crippen LogP contribution in [0.15, 0.2) is 22.7 Å². The Morgan fingerprint density at radius 1 is 1.27 bits per heavy atom. The molecule has 0 N–H and O–H groups in total. The van der Waals surface area contributed by atoms with E-state index in [2.05, 4.69) is 10.1 Å². The highest BCUT2D eigenvalue weighted by Gasteiger charge is 2.39. The van der Waals surface area contributed by atoms with Crippen molar-refractivity contribution in [2.75, 3.05) is 0 Å². The van der Waals surface area contributed by atoms with Gasteiger partial charge >= 0.3 is 6.18 Å². The molecule has 0 amide bonds. The molecule has 0 unspecified atom stereocenters. The summed E-state index contributed by atoms with van der Waals surface area (Å²) in [6, 6.07) is 4.73. The summed E-state index contributed by atoms with van der Waals surface area (Å²) in [7, 11) is 0. The number of hydrogen-bond acceptors (Lipinski definition) is 4. The monoisotopic (exact) mass is 324 g/mol. The lowest BCUT2D eigenvalue weighted by Crippen LogP contribution is -2.07. The minimum absolute atomic E-state index is 0.0204. The normalized spacial score (nSPS) is 15.6. The van der Waals surface area contributed by atoms with Crippen LogP contribution in [0.2, 0.25) is 0 Å². The molecule has 0 aromatic carbocycles. The van der Waals surface area contributed by atoms with Crippen LogP contribution in [-0.2, 0) is 6.18 Å². The van der Waals surface area contributed by atoms with Crippen molar-refractivity contribution < 1.29 is 17.7 Å². The number of nitrogens with zero attached hydrogens (tertiary/aromatic N) is 2. The predicted molar refractivity (Wildman–Crippen MR) is 76.8 cm³/mol. The molecule has 1 aliphatic carbocycles. The van der Waals surface area contributed by atoms with E-state index in [1.165, 1.54) is 11.3 Å². The van der Waals surface area contributed by atoms with Gasteiger partial charge in [0, 0.05) is 10.8 Å². The Morgan fingerprint density at radius 2 is 2.05 bits per heavy atom. The number of pyridine rings is 1. The van der Waals surface area contributed by atoms with Gasteiger partial charge in [-0.3, -0.25) is 0 Å². The Morgan fingerprint density at radius 3 is 2.64 bits per heavy atom. The van der Waals surface area contributed by atoms with E-state index in [1.807, 2.05) is 13.0 Å². The molecule has 4 rings (SSSR count). The molecule has 3 aromatic rings. The molecule has 114 valence electrons. The van der Waals surface area contributed by atoms with E-state index in [9.17, 15) is 13.2 Å². The van der Waals surface area contributed by atoms with Crippen LogP contribution in [0.3, 0.4) is 0 Å². The van der Waals surface area contributed by atoms with Crippen LogP contribution in [0.25, 0.3) is 21.7 Å². The fourth-order valence-electron chi connectivity index (χ4n) is 2.53. The second kappa shape index (κ2) is 4.55. The minimum atomic E-state index is -4.46. The molecule has 0 atom stereocenters. The van der Waals surface area contributed by atoms with Crippen LogP contribution in [-0.4, -0.2) is 10.1 Å². The van der Waals surface area contributed by atoms with Gasteiger partial charge < -0.3 is 4.52 Å². The van der Waals surface area contributed by atoms with Crippen LogP contribution in [0, 0.1) is 6.92 Å². The standard InChI is InChI=1S/C15H11F3N2OS/c1-7-2-5-11(22-7)10-6-9(15(16,17)18)12-13(8-3-4-8)20-21-14(12)19-10/h2,5-6,8H,3-4H2,1H3. The first-order chi connectivity index (χ1) is 10.4. The predicted octanol–water partition coefficient (Wildman–Crippen LogP) is 5.16. The summed E-state index contributed by atoms with van der Waals surface area (Å²) in [6.07, 6.45) is -2.76. The van der Waals surface area contributed by atoms with Crippen molar-refractivity contribution in [3.05, 3.63) is 34.3 Å². The molecular formula is C15H11F3N2OS. The average molecular weight is 324 g/mol. The van der Waals surface area contributed by atoms with Gasteiger partial charge in [0.2, 0.25) is 0 Å². The average Bonchev–Trinajstić information content (AvgIpc) is 3.05. The Labute approximate surface area is 127 Å². The first-order valence-corrected chi connectivity index (χ1v) is 7.69. The van der Waals surface area contributed by atoms with Gasteiger partial charge in [-0.15, -0.1) is 11.3 Å². The molecule has 0 saturated heterocycles. The summed E-state index contributed by atoms with van der Waals surface area (Å²) >= 11 is 1.40. The Bertz CT molecular complexity index is 861. The summed E-state index contributed by atoms with van der Waals surface area (Å²) in [6.45, 7) is 1.90. The quantitative estimate of drug-likeness (QED) is 0.654. The molecule has 0 aliphatic heterocycles. The lowest BCUT2D eigenvalue weighted by Gasteiger charge is -2.09. The molecular weight excluding hydrogens is 313 g/mol. The molecule has 1 saturated carbocycles. The second-order valence-corrected chi connectivity index (χ2v) is 6.77. The highest BCUT2D eigenvalue weighted by molar-refractivity contribution is 7.15. The zero-order valence-electron chi connectivity index (χ0n) is 11.6. The highest BCUT2D eigenvalue weighted by atomic mass is 32.1. The molecule has 3 aromatic heterocycles. The van der Waals surface area contributed by atoms with Gasteiger partial charge in [-0.05, 0) is 38.0 Å². The third-order valence-corrected chi connectivity index (χ3v) is 4.76. The minimum Gasteiger partial charge on any atom is -0.335 e. The number of halogens is 3. The van der Waals surface area contributed by atoms with E-state index in [-0.39, 0.29) is 22.7 Å². The van der Waals surface area contributed by atoms with Crippen LogP contribution < -0.4 is 0 Å². The van der Waals surface area contributed by atoms with E-state index < -0.39 is 11.7 Å². The van der Waals surface area contributed by atoms with E-state index in [0.29, 0.717) is 10.6 Å². The van der Waals surface area contributed by atoms with Gasteiger partial charge in [0.15, 0.2) is 0 Å². The van der Waals surface area contributed by atoms with Crippen molar-refractivity contribution in [3.63, 3.8) is 0 Å². The molecule has 0 spiro atoms. The van der Waals surface area contributed by atoms with Crippen molar-refractivity contribution in [1.29, 1.82) is 0 Å². The lowest BCUT2D eigenvalue weighted by atomic mass is 10.1. The zero-order valence-corrected chi connectivity index (χ0v) is 12.4. The Balaban J connectivity index is 1.98. The van der Waals surface area contributed by atoms with Crippen molar-refractivity contribution in [1.82, 2.24) is 10.1 Å². The molecule has 3 nitrogen and oxygen atoms in total. The maximum Gasteiger partial charge on any atom is 0.417 e. The summed E-state index contributed by atoms with van der Waals surface area (Å²) in [5.74, 6) is 0.0685. The van der Waals surface area contributed by atoms with Crippen molar-refractivity contribution in [2.45, 2.75) is 31.9 Å². The van der Waals surface area contributed by atoms with Crippen LogP contribution in [0.5, 0.6) is 0 Å². The van der Waals surface area contributed by atoms with E-state index >= 15 is 0 Å². The van der Waals surface area contributed by atoms with Gasteiger partial charge in [-0.25, -0.2) is 4.98 Å². The maximum atomic E-state index is 13.5. The summed E-state index contributed by atoms with van der Waals surface area (Å²) < 4.78 is 45.5. The Kier molecular flexibility index (Phi) is 2.84. The lowest BCUT2D eigenvalue weighted by molar-refractivity contribution is -0.136. The molecule has 7 heteroatoms. The highest BCUT2D eigenvalue weighted by Crippen LogP contribution is 2.46. The van der Waals surface area contributed by atoms with Crippen molar-refractivity contribution >= 4 is 22.4 Å². The number of rotatable bonds is 2. The van der Waals surface area contributed by atoms with Crippen molar-refractivity contribution in [2.24, 2.45) is 0 Å². The van der Waals surface area contributed by atoms with Gasteiger partial charge in [-0.1, -0.05) is 5.16 Å². The number of aromatic nitrogens is 2. The first-order valence-electron chi connectivity index (χ1n) is 6.88. The van der Waals surface area contributed by atoms with E-state index in [1.54, 1.807) is 6.07 Å². The van der Waals surface area contributed by atoms with Gasteiger partial charge in [0.05, 0.1) is 27.2 Å². The maximum absolute atomic E-state index is 13.5. The zero-order chi connectivity index (χ0) is 15.5. The van der Waals surface area contributed by atoms with Gasteiger partial charge in [-0.2, -0.15) is 13.2 Å².